The van der Waals surface area contributed by atoms with Gasteiger partial charge in [-0.25, -0.2) is 4.79 Å². The molecule has 4 nitrogen and oxygen atoms in total. The van der Waals surface area contributed by atoms with Gasteiger partial charge in [0.2, 0.25) is 0 Å². The molecular formula is C11H15NO3. The molecule has 0 aliphatic carbocycles. The van der Waals surface area contributed by atoms with E-state index in [0.29, 0.717) is 12.4 Å². The Kier molecular flexibility index (Phi) is 4.47. The van der Waals surface area contributed by atoms with Gasteiger partial charge in [0.05, 0.1) is 6.61 Å². The SMILES string of the molecule is CCCCOc1ccc(OC(N)=O)cc1. The van der Waals surface area contributed by atoms with Gasteiger partial charge in [-0.2, -0.15) is 0 Å². The van der Waals surface area contributed by atoms with Gasteiger partial charge in [0.25, 0.3) is 0 Å². The Hall–Kier alpha value is -1.71. The second-order valence-corrected chi connectivity index (χ2v) is 3.09. The standard InChI is InChI=1S/C11H15NO3/c1-2-3-8-14-9-4-6-10(7-5-9)15-11(12)13/h4-7H,2-3,8H2,1H3,(H2,12,13). The highest BCUT2D eigenvalue weighted by atomic mass is 16.5. The van der Waals surface area contributed by atoms with Crippen LogP contribution in [0.1, 0.15) is 19.8 Å². The summed E-state index contributed by atoms with van der Waals surface area (Å²) in [5, 5.41) is 0. The molecule has 1 amide bonds. The van der Waals surface area contributed by atoms with Crippen LogP contribution in [0.5, 0.6) is 11.5 Å². The summed E-state index contributed by atoms with van der Waals surface area (Å²) in [6, 6.07) is 6.78. The van der Waals surface area contributed by atoms with Crippen LogP contribution in [0.15, 0.2) is 24.3 Å². The number of hydrogen-bond donors (Lipinski definition) is 1. The maximum Gasteiger partial charge on any atom is 0.409 e. The van der Waals surface area contributed by atoms with E-state index in [1.165, 1.54) is 0 Å². The van der Waals surface area contributed by atoms with E-state index in [1.807, 2.05) is 0 Å². The fraction of sp³-hybridized carbons (Fsp3) is 0.364. The second kappa shape index (κ2) is 5.90. The third kappa shape index (κ3) is 4.35. The van der Waals surface area contributed by atoms with Crippen molar-refractivity contribution >= 4 is 6.09 Å². The van der Waals surface area contributed by atoms with E-state index in [-0.39, 0.29) is 0 Å². The Morgan fingerprint density at radius 1 is 1.27 bits per heavy atom. The third-order valence-electron chi connectivity index (χ3n) is 1.81. The molecule has 1 rings (SSSR count). The van der Waals surface area contributed by atoms with E-state index < -0.39 is 6.09 Å². The molecule has 2 N–H and O–H groups in total. The molecule has 0 radical (unpaired) electrons. The highest BCUT2D eigenvalue weighted by molar-refractivity contribution is 5.68. The monoisotopic (exact) mass is 209 g/mol. The summed E-state index contributed by atoms with van der Waals surface area (Å²) in [5.74, 6) is 1.19. The average molecular weight is 209 g/mol. The first-order chi connectivity index (χ1) is 7.22. The van der Waals surface area contributed by atoms with Crippen LogP contribution >= 0.6 is 0 Å². The van der Waals surface area contributed by atoms with Gasteiger partial charge in [-0.3, -0.25) is 0 Å². The Balaban J connectivity index is 2.45. The fourth-order valence-corrected chi connectivity index (χ4v) is 1.05. The van der Waals surface area contributed by atoms with E-state index in [1.54, 1.807) is 24.3 Å². The number of ether oxygens (including phenoxy) is 2. The molecule has 0 aliphatic rings. The van der Waals surface area contributed by atoms with Crippen LogP contribution in [0.25, 0.3) is 0 Å². The second-order valence-electron chi connectivity index (χ2n) is 3.09. The maximum atomic E-state index is 10.4. The molecule has 0 heterocycles. The van der Waals surface area contributed by atoms with Crippen molar-refractivity contribution in [2.45, 2.75) is 19.8 Å². The minimum atomic E-state index is -0.811. The topological polar surface area (TPSA) is 61.6 Å². The molecule has 0 bridgehead atoms. The third-order valence-corrected chi connectivity index (χ3v) is 1.81. The number of primary amides is 1. The molecule has 82 valence electrons. The van der Waals surface area contributed by atoms with Gasteiger partial charge in [0.15, 0.2) is 0 Å². The molecule has 15 heavy (non-hydrogen) atoms. The summed E-state index contributed by atoms with van der Waals surface area (Å²) >= 11 is 0. The van der Waals surface area contributed by atoms with Crippen molar-refractivity contribution in [3.63, 3.8) is 0 Å². The molecule has 0 aliphatic heterocycles. The fourth-order valence-electron chi connectivity index (χ4n) is 1.05. The van der Waals surface area contributed by atoms with Gasteiger partial charge in [-0.15, -0.1) is 0 Å². The highest BCUT2D eigenvalue weighted by Gasteiger charge is 1.98. The zero-order valence-electron chi connectivity index (χ0n) is 8.73. The summed E-state index contributed by atoms with van der Waals surface area (Å²) in [7, 11) is 0. The summed E-state index contributed by atoms with van der Waals surface area (Å²) < 4.78 is 10.1. The van der Waals surface area contributed by atoms with Gasteiger partial charge >= 0.3 is 6.09 Å². The van der Waals surface area contributed by atoms with Gasteiger partial charge in [0, 0.05) is 0 Å². The van der Waals surface area contributed by atoms with E-state index >= 15 is 0 Å². The summed E-state index contributed by atoms with van der Waals surface area (Å²) in [4.78, 5) is 10.4. The van der Waals surface area contributed by atoms with Crippen LogP contribution in [0.2, 0.25) is 0 Å². The minimum Gasteiger partial charge on any atom is -0.494 e. The first-order valence-corrected chi connectivity index (χ1v) is 4.92. The van der Waals surface area contributed by atoms with Gasteiger partial charge < -0.3 is 15.2 Å². The van der Waals surface area contributed by atoms with E-state index in [2.05, 4.69) is 11.7 Å². The Morgan fingerprint density at radius 3 is 2.40 bits per heavy atom. The number of carbonyl (C=O) groups excluding carboxylic acids is 1. The Morgan fingerprint density at radius 2 is 1.87 bits per heavy atom. The van der Waals surface area contributed by atoms with Crippen LogP contribution in [0.3, 0.4) is 0 Å². The minimum absolute atomic E-state index is 0.422. The Bertz CT molecular complexity index is 308. The van der Waals surface area contributed by atoms with Crippen molar-refractivity contribution in [3.05, 3.63) is 24.3 Å². The molecule has 1 aromatic rings. The van der Waals surface area contributed by atoms with Gasteiger partial charge in [-0.1, -0.05) is 13.3 Å². The average Bonchev–Trinajstić information content (AvgIpc) is 2.20. The number of hydrogen-bond acceptors (Lipinski definition) is 3. The molecule has 0 spiro atoms. The van der Waals surface area contributed by atoms with Crippen LogP contribution in [0, 0.1) is 0 Å². The first-order valence-electron chi connectivity index (χ1n) is 4.92. The van der Waals surface area contributed by atoms with Crippen LogP contribution in [0.4, 0.5) is 4.79 Å². The summed E-state index contributed by atoms with van der Waals surface area (Å²) in [6.45, 7) is 2.81. The first kappa shape index (κ1) is 11.4. The van der Waals surface area contributed by atoms with Gasteiger partial charge in [0.1, 0.15) is 11.5 Å². The van der Waals surface area contributed by atoms with Crippen molar-refractivity contribution in [1.82, 2.24) is 0 Å². The molecule has 0 atom stereocenters. The summed E-state index contributed by atoms with van der Waals surface area (Å²) in [6.07, 6.45) is 1.32. The zero-order valence-corrected chi connectivity index (χ0v) is 8.73. The molecule has 0 fully saturated rings. The normalized spacial score (nSPS) is 9.67. The van der Waals surface area contributed by atoms with E-state index in [0.717, 1.165) is 18.6 Å². The van der Waals surface area contributed by atoms with Crippen LogP contribution < -0.4 is 15.2 Å². The van der Waals surface area contributed by atoms with Crippen molar-refractivity contribution in [1.29, 1.82) is 0 Å². The molecule has 0 saturated heterocycles. The molecule has 0 unspecified atom stereocenters. The lowest BCUT2D eigenvalue weighted by Crippen LogP contribution is -2.16. The molecule has 1 aromatic carbocycles. The van der Waals surface area contributed by atoms with Gasteiger partial charge in [-0.05, 0) is 30.7 Å². The van der Waals surface area contributed by atoms with E-state index in [9.17, 15) is 4.79 Å². The van der Waals surface area contributed by atoms with Crippen LogP contribution in [-0.4, -0.2) is 12.7 Å². The van der Waals surface area contributed by atoms with E-state index in [4.69, 9.17) is 10.5 Å². The maximum absolute atomic E-state index is 10.4. The zero-order chi connectivity index (χ0) is 11.1. The lowest BCUT2D eigenvalue weighted by molar-refractivity contribution is 0.211. The number of rotatable bonds is 5. The summed E-state index contributed by atoms with van der Waals surface area (Å²) in [5.41, 5.74) is 4.87. The smallest absolute Gasteiger partial charge is 0.409 e. The van der Waals surface area contributed by atoms with Crippen LogP contribution in [-0.2, 0) is 0 Å². The number of carbonyl (C=O) groups is 1. The largest absolute Gasteiger partial charge is 0.494 e. The molecular weight excluding hydrogens is 194 g/mol. The molecule has 0 saturated carbocycles. The Labute approximate surface area is 89.0 Å². The lowest BCUT2D eigenvalue weighted by atomic mass is 10.3. The quantitative estimate of drug-likeness (QED) is 0.757. The highest BCUT2D eigenvalue weighted by Crippen LogP contribution is 2.17. The number of nitrogens with two attached hydrogens (primary N) is 1. The molecule has 4 heteroatoms. The number of unbranched alkanes of at least 4 members (excludes halogenated alkanes) is 1. The number of benzene rings is 1. The van der Waals surface area contributed by atoms with Crippen molar-refractivity contribution in [2.24, 2.45) is 5.73 Å². The number of amides is 1. The predicted molar refractivity (Wildman–Crippen MR) is 57.1 cm³/mol. The predicted octanol–water partition coefficient (Wildman–Crippen LogP) is 2.32. The van der Waals surface area contributed by atoms with Crippen molar-refractivity contribution in [2.75, 3.05) is 6.61 Å². The molecule has 0 aromatic heterocycles. The van der Waals surface area contributed by atoms with Crippen molar-refractivity contribution in [3.8, 4) is 11.5 Å². The van der Waals surface area contributed by atoms with Crippen molar-refractivity contribution < 1.29 is 14.3 Å². The lowest BCUT2D eigenvalue weighted by Gasteiger charge is -2.05.